The highest BCUT2D eigenvalue weighted by Crippen LogP contribution is 2.08. The van der Waals surface area contributed by atoms with Gasteiger partial charge in [0.2, 0.25) is 0 Å². The predicted octanol–water partition coefficient (Wildman–Crippen LogP) is 0.688. The molecule has 1 rings (SSSR count). The van der Waals surface area contributed by atoms with Crippen LogP contribution in [0.25, 0.3) is 0 Å². The second kappa shape index (κ2) is 4.10. The Balaban J connectivity index is 2.72. The summed E-state index contributed by atoms with van der Waals surface area (Å²) in [6.45, 7) is 4.62. The molecule has 80 valence electrons. The van der Waals surface area contributed by atoms with Gasteiger partial charge in [0.15, 0.2) is 0 Å². The van der Waals surface area contributed by atoms with Gasteiger partial charge in [0.25, 0.3) is 10.1 Å². The van der Waals surface area contributed by atoms with E-state index in [2.05, 4.69) is 9.28 Å². The van der Waals surface area contributed by atoms with Gasteiger partial charge in [-0.1, -0.05) is 0 Å². The minimum absolute atomic E-state index is 0.0602. The van der Waals surface area contributed by atoms with Crippen LogP contribution in [0.5, 0.6) is 0 Å². The summed E-state index contributed by atoms with van der Waals surface area (Å²) in [4.78, 5) is 0. The van der Waals surface area contributed by atoms with Gasteiger partial charge in [-0.3, -0.25) is 8.86 Å². The van der Waals surface area contributed by atoms with Gasteiger partial charge in [-0.2, -0.15) is 13.5 Å². The summed E-state index contributed by atoms with van der Waals surface area (Å²) in [5.41, 5.74) is 1.60. The van der Waals surface area contributed by atoms with Crippen LogP contribution in [0.3, 0.4) is 0 Å². The Hall–Kier alpha value is -0.880. The molecule has 5 nitrogen and oxygen atoms in total. The van der Waals surface area contributed by atoms with E-state index in [1.54, 1.807) is 10.9 Å². The zero-order valence-electron chi connectivity index (χ0n) is 8.52. The largest absolute Gasteiger partial charge is 0.272 e. The summed E-state index contributed by atoms with van der Waals surface area (Å²) in [5, 5.41) is 4.17. The zero-order chi connectivity index (χ0) is 10.8. The fourth-order valence-electron chi connectivity index (χ4n) is 1.03. The van der Waals surface area contributed by atoms with E-state index in [1.165, 1.54) is 0 Å². The summed E-state index contributed by atoms with van der Waals surface area (Å²) in [6.07, 6.45) is 2.83. The molecule has 1 heterocycles. The Morgan fingerprint density at radius 3 is 2.64 bits per heavy atom. The number of aromatic nitrogens is 2. The highest BCUT2D eigenvalue weighted by Gasteiger charge is 2.07. The lowest BCUT2D eigenvalue weighted by molar-refractivity contribution is 0.311. The van der Waals surface area contributed by atoms with Crippen LogP contribution < -0.4 is 0 Å². The molecule has 0 aromatic carbocycles. The Morgan fingerprint density at radius 1 is 1.57 bits per heavy atom. The second-order valence-corrected chi connectivity index (χ2v) is 4.71. The monoisotopic (exact) mass is 218 g/mol. The lowest BCUT2D eigenvalue weighted by atomic mass is 10.3. The molecular weight excluding hydrogens is 204 g/mol. The first-order chi connectivity index (χ1) is 6.42. The van der Waals surface area contributed by atoms with Gasteiger partial charge in [-0.25, -0.2) is 0 Å². The minimum Gasteiger partial charge on any atom is -0.272 e. The van der Waals surface area contributed by atoms with Crippen LogP contribution in [-0.2, 0) is 27.5 Å². The van der Waals surface area contributed by atoms with Gasteiger partial charge >= 0.3 is 0 Å². The number of hydrogen-bond donors (Lipinski definition) is 0. The molecule has 6 heteroatoms. The summed E-state index contributed by atoms with van der Waals surface area (Å²) in [5.74, 6) is 0. The third-order valence-electron chi connectivity index (χ3n) is 1.80. The van der Waals surface area contributed by atoms with Crippen molar-refractivity contribution in [2.75, 3.05) is 6.26 Å². The molecule has 0 bridgehead atoms. The number of aryl methyl sites for hydroxylation is 2. The average molecular weight is 218 g/mol. The molecule has 1 aromatic rings. The summed E-state index contributed by atoms with van der Waals surface area (Å²) in [6, 6.07) is 0. The lowest BCUT2D eigenvalue weighted by Crippen LogP contribution is -2.02. The van der Waals surface area contributed by atoms with Crippen molar-refractivity contribution in [3.05, 3.63) is 17.5 Å². The first-order valence-electron chi connectivity index (χ1n) is 4.29. The van der Waals surface area contributed by atoms with Gasteiger partial charge in [0.1, 0.15) is 0 Å². The number of nitrogens with zero attached hydrogens (tertiary/aromatic N) is 2. The summed E-state index contributed by atoms with van der Waals surface area (Å²) >= 11 is 0. The van der Waals surface area contributed by atoms with Gasteiger partial charge in [0, 0.05) is 18.3 Å². The van der Waals surface area contributed by atoms with Crippen molar-refractivity contribution in [3.8, 4) is 0 Å². The van der Waals surface area contributed by atoms with Crippen molar-refractivity contribution in [2.24, 2.45) is 0 Å². The van der Waals surface area contributed by atoms with E-state index in [0.717, 1.165) is 24.1 Å². The quantitative estimate of drug-likeness (QED) is 0.697. The molecule has 0 amide bonds. The Labute approximate surface area is 83.8 Å². The van der Waals surface area contributed by atoms with E-state index in [4.69, 9.17) is 0 Å². The number of rotatable bonds is 4. The number of hydrogen-bond acceptors (Lipinski definition) is 4. The van der Waals surface area contributed by atoms with E-state index >= 15 is 0 Å². The van der Waals surface area contributed by atoms with Gasteiger partial charge in [-0.15, -0.1) is 0 Å². The third kappa shape index (κ3) is 3.12. The normalized spacial score (nSPS) is 11.9. The van der Waals surface area contributed by atoms with Crippen LogP contribution in [0, 0.1) is 6.92 Å². The third-order valence-corrected chi connectivity index (χ3v) is 2.35. The van der Waals surface area contributed by atoms with Crippen molar-refractivity contribution >= 4 is 10.1 Å². The molecule has 0 fully saturated rings. The fraction of sp³-hybridized carbons (Fsp3) is 0.625. The van der Waals surface area contributed by atoms with Crippen molar-refractivity contribution in [1.82, 2.24) is 9.78 Å². The van der Waals surface area contributed by atoms with E-state index < -0.39 is 10.1 Å². The summed E-state index contributed by atoms with van der Waals surface area (Å²) < 4.78 is 27.9. The second-order valence-electron chi connectivity index (χ2n) is 3.06. The van der Waals surface area contributed by atoms with Crippen LogP contribution in [-0.4, -0.2) is 24.5 Å². The van der Waals surface area contributed by atoms with E-state index in [0.29, 0.717) is 0 Å². The first kappa shape index (κ1) is 11.2. The smallest absolute Gasteiger partial charge is 0.264 e. The van der Waals surface area contributed by atoms with Crippen LogP contribution in [0.1, 0.15) is 18.2 Å². The van der Waals surface area contributed by atoms with Gasteiger partial charge in [-0.05, 0) is 13.8 Å². The molecule has 0 radical (unpaired) electrons. The molecule has 14 heavy (non-hydrogen) atoms. The maximum Gasteiger partial charge on any atom is 0.264 e. The fourth-order valence-corrected chi connectivity index (χ4v) is 1.37. The van der Waals surface area contributed by atoms with Crippen molar-refractivity contribution in [1.29, 1.82) is 0 Å². The van der Waals surface area contributed by atoms with E-state index in [1.807, 2.05) is 13.8 Å². The molecule has 0 N–H and O–H groups in total. The Bertz CT molecular complexity index is 408. The topological polar surface area (TPSA) is 61.2 Å². The molecule has 0 atom stereocenters. The highest BCUT2D eigenvalue weighted by atomic mass is 32.2. The van der Waals surface area contributed by atoms with E-state index in [-0.39, 0.29) is 6.61 Å². The Morgan fingerprint density at radius 2 is 2.21 bits per heavy atom. The predicted molar refractivity (Wildman–Crippen MR) is 52.3 cm³/mol. The molecule has 0 aliphatic rings. The molecule has 0 unspecified atom stereocenters. The molecule has 1 aromatic heterocycles. The highest BCUT2D eigenvalue weighted by molar-refractivity contribution is 7.85. The molecule has 0 aliphatic carbocycles. The van der Waals surface area contributed by atoms with Crippen LogP contribution in [0.2, 0.25) is 0 Å². The van der Waals surface area contributed by atoms with Crippen LogP contribution >= 0.6 is 0 Å². The molecular formula is C8H14N2O3S. The molecule has 0 aliphatic heterocycles. The van der Waals surface area contributed by atoms with Crippen LogP contribution in [0.4, 0.5) is 0 Å². The molecule has 0 saturated carbocycles. The van der Waals surface area contributed by atoms with E-state index in [9.17, 15) is 8.42 Å². The molecule has 0 spiro atoms. The maximum absolute atomic E-state index is 10.7. The van der Waals surface area contributed by atoms with Crippen molar-refractivity contribution in [3.63, 3.8) is 0 Å². The molecule has 0 saturated heterocycles. The van der Waals surface area contributed by atoms with Gasteiger partial charge < -0.3 is 0 Å². The van der Waals surface area contributed by atoms with Gasteiger partial charge in [0.05, 0.1) is 18.6 Å². The SMILES string of the molecule is CCn1cc(COS(C)(=O)=O)c(C)n1. The Kier molecular flexibility index (Phi) is 3.28. The minimum atomic E-state index is -3.37. The lowest BCUT2D eigenvalue weighted by Gasteiger charge is -1.98. The average Bonchev–Trinajstić information content (AvgIpc) is 2.42. The summed E-state index contributed by atoms with van der Waals surface area (Å²) in [7, 11) is -3.37. The van der Waals surface area contributed by atoms with Crippen molar-refractivity contribution in [2.45, 2.75) is 27.0 Å². The zero-order valence-corrected chi connectivity index (χ0v) is 9.34. The first-order valence-corrected chi connectivity index (χ1v) is 6.11. The maximum atomic E-state index is 10.7. The van der Waals surface area contributed by atoms with Crippen LogP contribution in [0.15, 0.2) is 6.20 Å². The standard InChI is InChI=1S/C8H14N2O3S/c1-4-10-5-8(7(2)9-10)6-13-14(3,11)12/h5H,4,6H2,1-3H3. The van der Waals surface area contributed by atoms with Crippen molar-refractivity contribution < 1.29 is 12.6 Å².